The highest BCUT2D eigenvalue weighted by molar-refractivity contribution is 8.05. The molecule has 0 atom stereocenters. The van der Waals surface area contributed by atoms with Crippen LogP contribution in [0.25, 0.3) is 11.1 Å². The van der Waals surface area contributed by atoms with Crippen LogP contribution in [0.4, 0.5) is 5.69 Å². The second kappa shape index (κ2) is 5.85. The molecule has 22 heavy (non-hydrogen) atoms. The first-order valence-corrected chi connectivity index (χ1v) is 8.37. The van der Waals surface area contributed by atoms with E-state index < -0.39 is 0 Å². The summed E-state index contributed by atoms with van der Waals surface area (Å²) < 4.78 is 0. The largest absolute Gasteiger partial charge is 0.322 e. The van der Waals surface area contributed by atoms with Gasteiger partial charge in [0.05, 0.1) is 5.69 Å². The molecule has 0 fully saturated rings. The van der Waals surface area contributed by atoms with Gasteiger partial charge < -0.3 is 4.90 Å². The lowest BCUT2D eigenvalue weighted by Crippen LogP contribution is -2.14. The number of allylic oxidation sites excluding steroid dienone is 2. The topological polar surface area (TPSA) is 3.24 Å². The predicted molar refractivity (Wildman–Crippen MR) is 97.8 cm³/mol. The number of rotatable bonds is 2. The molecule has 0 saturated carbocycles. The van der Waals surface area contributed by atoms with Crippen LogP contribution in [0.2, 0.25) is 0 Å². The molecule has 0 N–H and O–H groups in total. The summed E-state index contributed by atoms with van der Waals surface area (Å²) in [4.78, 5) is 3.53. The number of nitrogens with zero attached hydrogens (tertiary/aromatic N) is 1. The Hall–Kier alpha value is -1.67. The standard InChI is InChI=1S/C20H21NS/c1-13-9-14(2)11-18(10-13)19-8-6-7-15(3)20(19)21-12-22-17(5)16(21)4/h6-11H,1-5H3. The lowest BCUT2D eigenvalue weighted by atomic mass is 9.96. The third kappa shape index (κ3) is 2.68. The van der Waals surface area contributed by atoms with E-state index in [9.17, 15) is 0 Å². The molecule has 112 valence electrons. The van der Waals surface area contributed by atoms with Crippen LogP contribution in [0.1, 0.15) is 30.5 Å². The van der Waals surface area contributed by atoms with Crippen molar-refractivity contribution in [3.05, 3.63) is 69.6 Å². The van der Waals surface area contributed by atoms with Gasteiger partial charge in [0.15, 0.2) is 5.88 Å². The number of anilines is 1. The highest BCUT2D eigenvalue weighted by Gasteiger charge is 2.24. The first-order chi connectivity index (χ1) is 10.5. The number of hydrogen-bond acceptors (Lipinski definition) is 2. The van der Waals surface area contributed by atoms with Gasteiger partial charge in [-0.05, 0) is 45.7 Å². The van der Waals surface area contributed by atoms with Crippen LogP contribution in [0, 0.1) is 26.6 Å². The van der Waals surface area contributed by atoms with Gasteiger partial charge in [-0.1, -0.05) is 59.3 Å². The Morgan fingerprint density at radius 2 is 1.59 bits per heavy atom. The molecule has 0 bridgehead atoms. The van der Waals surface area contributed by atoms with Crippen molar-refractivity contribution in [1.82, 2.24) is 0 Å². The van der Waals surface area contributed by atoms with Gasteiger partial charge in [-0.15, -0.1) is 0 Å². The van der Waals surface area contributed by atoms with Gasteiger partial charge in [0, 0.05) is 16.2 Å². The summed E-state index contributed by atoms with van der Waals surface area (Å²) in [6.07, 6.45) is 0. The van der Waals surface area contributed by atoms with Gasteiger partial charge >= 0.3 is 0 Å². The first kappa shape index (κ1) is 15.2. The lowest BCUT2D eigenvalue weighted by molar-refractivity contribution is 1.12. The normalized spacial score (nSPS) is 14.9. The van der Waals surface area contributed by atoms with Crippen molar-refractivity contribution in [1.29, 1.82) is 0 Å². The van der Waals surface area contributed by atoms with Crippen molar-refractivity contribution in [2.24, 2.45) is 0 Å². The van der Waals surface area contributed by atoms with Crippen molar-refractivity contribution in [2.75, 3.05) is 4.90 Å². The van der Waals surface area contributed by atoms with E-state index in [-0.39, 0.29) is 0 Å². The number of hydrogen-bond donors (Lipinski definition) is 0. The number of thioether (sulfide) groups is 1. The van der Waals surface area contributed by atoms with Crippen LogP contribution < -0.4 is 4.90 Å². The van der Waals surface area contributed by atoms with E-state index in [2.05, 4.69) is 81.8 Å². The molecule has 2 radical (unpaired) electrons. The second-order valence-electron chi connectivity index (χ2n) is 6.02. The molecule has 0 amide bonds. The molecule has 3 rings (SSSR count). The molecule has 1 aliphatic heterocycles. The zero-order valence-electron chi connectivity index (χ0n) is 13.8. The average Bonchev–Trinajstić information content (AvgIpc) is 2.78. The smallest absolute Gasteiger partial charge is 0.168 e. The van der Waals surface area contributed by atoms with Gasteiger partial charge in [0.25, 0.3) is 0 Å². The van der Waals surface area contributed by atoms with E-state index in [1.165, 1.54) is 44.1 Å². The Labute approximate surface area is 138 Å². The number of benzene rings is 2. The SMILES string of the molecule is CC1=C(C)N(c2c(C)cccc2-c2cc(C)cc(C)c2)[C]S1. The van der Waals surface area contributed by atoms with Crippen molar-refractivity contribution >= 4 is 17.4 Å². The zero-order valence-corrected chi connectivity index (χ0v) is 14.6. The summed E-state index contributed by atoms with van der Waals surface area (Å²) in [6, 6.07) is 13.3. The van der Waals surface area contributed by atoms with Crippen LogP contribution in [-0.4, -0.2) is 0 Å². The predicted octanol–water partition coefficient (Wildman–Crippen LogP) is 6.08. The summed E-state index contributed by atoms with van der Waals surface area (Å²) >= 11 is 1.68. The van der Waals surface area contributed by atoms with Crippen molar-refractivity contribution < 1.29 is 0 Å². The van der Waals surface area contributed by atoms with Crippen molar-refractivity contribution in [3.63, 3.8) is 0 Å². The first-order valence-electron chi connectivity index (χ1n) is 7.56. The third-order valence-corrected chi connectivity index (χ3v) is 5.00. The van der Waals surface area contributed by atoms with E-state index in [0.29, 0.717) is 0 Å². The summed E-state index contributed by atoms with van der Waals surface area (Å²) in [5, 5.41) is 0. The Morgan fingerprint density at radius 1 is 0.909 bits per heavy atom. The summed E-state index contributed by atoms with van der Waals surface area (Å²) in [5.74, 6) is 3.43. The molecule has 2 aromatic carbocycles. The Morgan fingerprint density at radius 3 is 2.18 bits per heavy atom. The Bertz CT molecular complexity index is 738. The second-order valence-corrected chi connectivity index (χ2v) is 7.02. The van der Waals surface area contributed by atoms with E-state index in [0.717, 1.165) is 0 Å². The molecule has 0 unspecified atom stereocenters. The lowest BCUT2D eigenvalue weighted by Gasteiger charge is -2.24. The summed E-state index contributed by atoms with van der Waals surface area (Å²) in [7, 11) is 0. The van der Waals surface area contributed by atoms with Gasteiger partial charge in [-0.3, -0.25) is 0 Å². The van der Waals surface area contributed by atoms with E-state index in [1.54, 1.807) is 11.8 Å². The van der Waals surface area contributed by atoms with Crippen LogP contribution >= 0.6 is 11.8 Å². The summed E-state index contributed by atoms with van der Waals surface area (Å²) in [6.45, 7) is 10.8. The minimum absolute atomic E-state index is 1.24. The molecule has 2 aromatic rings. The maximum atomic E-state index is 3.43. The van der Waals surface area contributed by atoms with Gasteiger partial charge in [0.1, 0.15) is 0 Å². The molecule has 2 heteroatoms. The van der Waals surface area contributed by atoms with Crippen LogP contribution in [0.3, 0.4) is 0 Å². The van der Waals surface area contributed by atoms with Crippen LogP contribution in [-0.2, 0) is 0 Å². The van der Waals surface area contributed by atoms with Crippen molar-refractivity contribution in [2.45, 2.75) is 34.6 Å². The molecule has 0 saturated heterocycles. The van der Waals surface area contributed by atoms with E-state index in [1.807, 2.05) is 0 Å². The fourth-order valence-electron chi connectivity index (χ4n) is 2.95. The zero-order chi connectivity index (χ0) is 15.9. The highest BCUT2D eigenvalue weighted by atomic mass is 32.2. The Balaban J connectivity index is 2.19. The fraction of sp³-hybridized carbons (Fsp3) is 0.250. The molecule has 0 spiro atoms. The highest BCUT2D eigenvalue weighted by Crippen LogP contribution is 2.44. The van der Waals surface area contributed by atoms with Crippen LogP contribution in [0.15, 0.2) is 47.0 Å². The van der Waals surface area contributed by atoms with Gasteiger partial charge in [-0.25, -0.2) is 0 Å². The number of para-hydroxylation sites is 1. The quantitative estimate of drug-likeness (QED) is 0.661. The monoisotopic (exact) mass is 307 g/mol. The minimum Gasteiger partial charge on any atom is -0.322 e. The van der Waals surface area contributed by atoms with Gasteiger partial charge in [-0.2, -0.15) is 0 Å². The maximum absolute atomic E-state index is 3.43. The fourth-order valence-corrected chi connectivity index (χ4v) is 3.64. The average molecular weight is 307 g/mol. The van der Waals surface area contributed by atoms with Crippen LogP contribution in [0.5, 0.6) is 0 Å². The molecule has 1 nitrogen and oxygen atoms in total. The molecule has 0 aromatic heterocycles. The molecule has 1 aliphatic rings. The molecule has 0 aliphatic carbocycles. The molecule has 1 heterocycles. The van der Waals surface area contributed by atoms with Crippen molar-refractivity contribution in [3.8, 4) is 11.1 Å². The Kier molecular flexibility index (Phi) is 4.05. The maximum Gasteiger partial charge on any atom is 0.168 e. The van der Waals surface area contributed by atoms with E-state index in [4.69, 9.17) is 0 Å². The van der Waals surface area contributed by atoms with Gasteiger partial charge in [0.2, 0.25) is 0 Å². The van der Waals surface area contributed by atoms with E-state index >= 15 is 0 Å². The molecular formula is C20H21NS. The molecular weight excluding hydrogens is 286 g/mol. The third-order valence-electron chi connectivity index (χ3n) is 4.13. The minimum atomic E-state index is 1.24. The number of aryl methyl sites for hydroxylation is 3. The summed E-state index contributed by atoms with van der Waals surface area (Å²) in [5.41, 5.74) is 8.94.